The second-order valence-corrected chi connectivity index (χ2v) is 8.41. The average molecular weight is 531 g/mol. The number of carbonyl (C=O) groups excluding carboxylic acids is 1. The first-order valence-corrected chi connectivity index (χ1v) is 10.3. The number of carbonyl (C=O) groups is 1. The number of ether oxygens (including phenoxy) is 1. The van der Waals surface area contributed by atoms with E-state index in [0.29, 0.717) is 28.2 Å². The molecule has 0 bridgehead atoms. The zero-order chi connectivity index (χ0) is 19.7. The molecule has 1 aliphatic rings. The minimum absolute atomic E-state index is 0.131. The number of likely N-dealkylation sites (N-methyl/N-ethyl adjacent to an activating group) is 2. The average Bonchev–Trinajstić information content (AvgIpc) is 2.80. The number of thiocarbonyl (C=S) groups is 1. The van der Waals surface area contributed by atoms with Crippen LogP contribution in [0.25, 0.3) is 6.08 Å². The molecule has 0 unspecified atom stereocenters. The number of rotatable bonds is 4. The van der Waals surface area contributed by atoms with Gasteiger partial charge in [0.15, 0.2) is 5.11 Å². The number of hydrogen-bond donors (Lipinski definition) is 0. The van der Waals surface area contributed by atoms with Crippen LogP contribution in [0.4, 0.5) is 0 Å². The first kappa shape index (κ1) is 20.3. The Morgan fingerprint density at radius 2 is 1.78 bits per heavy atom. The molecule has 0 aliphatic carbocycles. The Bertz CT molecular complexity index is 941. The molecule has 0 saturated carbocycles. The van der Waals surface area contributed by atoms with Gasteiger partial charge in [0.05, 0.1) is 8.95 Å². The molecule has 2 aromatic rings. The van der Waals surface area contributed by atoms with E-state index < -0.39 is 0 Å². The van der Waals surface area contributed by atoms with E-state index in [1.807, 2.05) is 36.4 Å². The van der Waals surface area contributed by atoms with Crippen LogP contribution in [0.1, 0.15) is 11.1 Å². The van der Waals surface area contributed by atoms with Gasteiger partial charge in [0.1, 0.15) is 18.1 Å². The van der Waals surface area contributed by atoms with Crippen molar-refractivity contribution in [2.45, 2.75) is 6.61 Å². The van der Waals surface area contributed by atoms with E-state index in [1.54, 1.807) is 25.1 Å². The predicted octanol–water partition coefficient (Wildman–Crippen LogP) is 5.47. The lowest BCUT2D eigenvalue weighted by molar-refractivity contribution is -0.121. The van der Waals surface area contributed by atoms with E-state index >= 15 is 0 Å². The summed E-state index contributed by atoms with van der Waals surface area (Å²) in [6.07, 6.45) is 1.80. The summed E-state index contributed by atoms with van der Waals surface area (Å²) in [6, 6.07) is 11.3. The van der Waals surface area contributed by atoms with Crippen LogP contribution in [-0.2, 0) is 11.4 Å². The minimum atomic E-state index is -0.131. The second-order valence-electron chi connectivity index (χ2n) is 5.93. The van der Waals surface area contributed by atoms with Gasteiger partial charge < -0.3 is 9.64 Å². The van der Waals surface area contributed by atoms with Gasteiger partial charge in [-0.3, -0.25) is 9.69 Å². The fourth-order valence-electron chi connectivity index (χ4n) is 2.61. The molecule has 0 aromatic heterocycles. The van der Waals surface area contributed by atoms with Gasteiger partial charge in [-0.1, -0.05) is 29.8 Å². The Hall–Kier alpha value is -1.41. The monoisotopic (exact) mass is 528 g/mol. The van der Waals surface area contributed by atoms with E-state index in [9.17, 15) is 4.79 Å². The fourth-order valence-corrected chi connectivity index (χ4v) is 4.44. The molecular weight excluding hydrogens is 516 g/mol. The van der Waals surface area contributed by atoms with Crippen molar-refractivity contribution in [3.05, 3.63) is 67.2 Å². The number of benzene rings is 2. The standard InChI is InChI=1S/C19H15Br2ClN2O2S/c1-23-16(18(25)24(2)19(23)27)9-11-7-13(20)17(14(21)8-11)26-10-12-5-3-4-6-15(12)22/h3-9H,10H2,1-2H3/b16-9-. The van der Waals surface area contributed by atoms with Crippen LogP contribution in [0.5, 0.6) is 5.75 Å². The largest absolute Gasteiger partial charge is 0.486 e. The highest BCUT2D eigenvalue weighted by Gasteiger charge is 2.32. The maximum Gasteiger partial charge on any atom is 0.276 e. The molecule has 3 rings (SSSR count). The first-order valence-electron chi connectivity index (χ1n) is 7.92. The Labute approximate surface area is 185 Å². The third kappa shape index (κ3) is 4.21. The molecule has 1 amide bonds. The Balaban J connectivity index is 1.85. The number of hydrogen-bond acceptors (Lipinski definition) is 3. The van der Waals surface area contributed by atoms with Gasteiger partial charge in [0.2, 0.25) is 0 Å². The van der Waals surface area contributed by atoms with Crippen LogP contribution in [0.3, 0.4) is 0 Å². The first-order chi connectivity index (χ1) is 12.8. The molecule has 0 N–H and O–H groups in total. The third-order valence-electron chi connectivity index (χ3n) is 4.11. The smallest absolute Gasteiger partial charge is 0.276 e. The zero-order valence-corrected chi connectivity index (χ0v) is 19.2. The second kappa shape index (κ2) is 8.31. The van der Waals surface area contributed by atoms with Crippen molar-refractivity contribution < 1.29 is 9.53 Å². The van der Waals surface area contributed by atoms with Crippen molar-refractivity contribution in [3.8, 4) is 5.75 Å². The van der Waals surface area contributed by atoms with Crippen LogP contribution in [-0.4, -0.2) is 34.9 Å². The molecule has 1 aliphatic heterocycles. The van der Waals surface area contributed by atoms with Gasteiger partial charge in [-0.25, -0.2) is 0 Å². The summed E-state index contributed by atoms with van der Waals surface area (Å²) in [6.45, 7) is 0.345. The van der Waals surface area contributed by atoms with Crippen LogP contribution >= 0.6 is 55.7 Å². The molecule has 27 heavy (non-hydrogen) atoms. The maximum absolute atomic E-state index is 12.3. The van der Waals surface area contributed by atoms with Crippen molar-refractivity contribution >= 4 is 72.8 Å². The summed E-state index contributed by atoms with van der Waals surface area (Å²) in [5.74, 6) is 0.532. The normalized spacial score (nSPS) is 15.8. The predicted molar refractivity (Wildman–Crippen MR) is 119 cm³/mol. The Morgan fingerprint density at radius 1 is 1.15 bits per heavy atom. The quantitative estimate of drug-likeness (QED) is 0.388. The SMILES string of the molecule is CN1C(=O)/C(=C/c2cc(Br)c(OCc3ccccc3Cl)c(Br)c2)N(C)C1=S. The van der Waals surface area contributed by atoms with Crippen molar-refractivity contribution in [2.75, 3.05) is 14.1 Å². The van der Waals surface area contributed by atoms with Crippen molar-refractivity contribution in [2.24, 2.45) is 0 Å². The molecule has 4 nitrogen and oxygen atoms in total. The highest BCUT2D eigenvalue weighted by molar-refractivity contribution is 9.11. The van der Waals surface area contributed by atoms with Crippen LogP contribution < -0.4 is 4.74 Å². The molecule has 1 fully saturated rings. The molecule has 8 heteroatoms. The molecular formula is C19H15Br2ClN2O2S. The van der Waals surface area contributed by atoms with Crippen LogP contribution in [0.2, 0.25) is 5.02 Å². The lowest BCUT2D eigenvalue weighted by Crippen LogP contribution is -2.26. The Morgan fingerprint density at radius 3 is 2.33 bits per heavy atom. The topological polar surface area (TPSA) is 32.8 Å². The molecule has 1 saturated heterocycles. The Kier molecular flexibility index (Phi) is 6.25. The molecule has 1 heterocycles. The van der Waals surface area contributed by atoms with Gasteiger partial charge in [0.25, 0.3) is 5.91 Å². The molecule has 140 valence electrons. The molecule has 0 atom stereocenters. The summed E-state index contributed by atoms with van der Waals surface area (Å²) < 4.78 is 7.46. The molecule has 0 radical (unpaired) electrons. The highest BCUT2D eigenvalue weighted by Crippen LogP contribution is 2.36. The van der Waals surface area contributed by atoms with Crippen molar-refractivity contribution in [1.82, 2.24) is 9.80 Å². The molecule has 2 aromatic carbocycles. The summed E-state index contributed by atoms with van der Waals surface area (Å²) in [7, 11) is 3.44. The fraction of sp³-hybridized carbons (Fsp3) is 0.158. The summed E-state index contributed by atoms with van der Waals surface area (Å²) >= 11 is 18.5. The van der Waals surface area contributed by atoms with Gasteiger partial charge >= 0.3 is 0 Å². The lowest BCUT2D eigenvalue weighted by Gasteiger charge is -2.13. The van der Waals surface area contributed by atoms with Crippen LogP contribution in [0.15, 0.2) is 51.0 Å². The highest BCUT2D eigenvalue weighted by atomic mass is 79.9. The zero-order valence-electron chi connectivity index (χ0n) is 14.5. The summed E-state index contributed by atoms with van der Waals surface area (Å²) in [4.78, 5) is 15.5. The van der Waals surface area contributed by atoms with E-state index in [0.717, 1.165) is 20.1 Å². The van der Waals surface area contributed by atoms with Crippen molar-refractivity contribution in [1.29, 1.82) is 0 Å². The van der Waals surface area contributed by atoms with E-state index in [2.05, 4.69) is 31.9 Å². The lowest BCUT2D eigenvalue weighted by atomic mass is 10.1. The summed E-state index contributed by atoms with van der Waals surface area (Å²) in [5, 5.41) is 1.14. The maximum atomic E-state index is 12.3. The van der Waals surface area contributed by atoms with Crippen molar-refractivity contribution in [3.63, 3.8) is 0 Å². The van der Waals surface area contributed by atoms with E-state index in [-0.39, 0.29) is 5.91 Å². The van der Waals surface area contributed by atoms with E-state index in [4.69, 9.17) is 28.6 Å². The van der Waals surface area contributed by atoms with Gasteiger partial charge in [-0.05, 0) is 73.9 Å². The number of nitrogens with zero attached hydrogens (tertiary/aromatic N) is 2. The minimum Gasteiger partial charge on any atom is -0.486 e. The summed E-state index contributed by atoms with van der Waals surface area (Å²) in [5.41, 5.74) is 2.26. The molecule has 0 spiro atoms. The number of amides is 1. The van der Waals surface area contributed by atoms with E-state index in [1.165, 1.54) is 4.90 Å². The van der Waals surface area contributed by atoms with Gasteiger partial charge in [-0.2, -0.15) is 0 Å². The van der Waals surface area contributed by atoms with Gasteiger partial charge in [-0.15, -0.1) is 0 Å². The number of halogens is 3. The van der Waals surface area contributed by atoms with Crippen LogP contribution in [0, 0.1) is 0 Å². The van der Waals surface area contributed by atoms with Gasteiger partial charge in [0, 0.05) is 24.7 Å². The third-order valence-corrected chi connectivity index (χ3v) is 6.21.